The fourth-order valence-corrected chi connectivity index (χ4v) is 3.06. The van der Waals surface area contributed by atoms with Crippen molar-refractivity contribution in [2.45, 2.75) is 90.4 Å². The van der Waals surface area contributed by atoms with Crippen molar-refractivity contribution in [1.29, 1.82) is 0 Å². The van der Waals surface area contributed by atoms with Crippen LogP contribution in [0.4, 0.5) is 0 Å². The van der Waals surface area contributed by atoms with E-state index < -0.39 is 0 Å². The molecule has 0 bridgehead atoms. The molecule has 0 heterocycles. The first kappa shape index (κ1) is 24.3. The summed E-state index contributed by atoms with van der Waals surface area (Å²) in [6, 6.07) is 0. The minimum Gasteiger partial charge on any atom is -0.356 e. The summed E-state index contributed by atoms with van der Waals surface area (Å²) < 4.78 is 0. The Morgan fingerprint density at radius 1 is 0.840 bits per heavy atom. The van der Waals surface area contributed by atoms with E-state index in [0.717, 1.165) is 31.6 Å². The van der Waals surface area contributed by atoms with E-state index in [1.54, 1.807) is 0 Å². The van der Waals surface area contributed by atoms with Gasteiger partial charge >= 0.3 is 0 Å². The highest BCUT2D eigenvalue weighted by Crippen LogP contribution is 2.08. The third-order valence-electron chi connectivity index (χ3n) is 4.20. The maximum atomic E-state index is 11.6. The van der Waals surface area contributed by atoms with Crippen LogP contribution in [0.2, 0.25) is 0 Å². The third kappa shape index (κ3) is 21.3. The van der Waals surface area contributed by atoms with E-state index in [-0.39, 0.29) is 5.91 Å². The van der Waals surface area contributed by atoms with E-state index in [0.29, 0.717) is 6.42 Å². The molecule has 0 aliphatic rings. The van der Waals surface area contributed by atoms with E-state index in [2.05, 4.69) is 42.8 Å². The van der Waals surface area contributed by atoms with Crippen molar-refractivity contribution in [2.24, 2.45) is 0 Å². The van der Waals surface area contributed by atoms with Crippen LogP contribution in [-0.2, 0) is 4.79 Å². The number of carbonyl (C=O) groups excluding carboxylic acids is 1. The van der Waals surface area contributed by atoms with Crippen molar-refractivity contribution in [2.75, 3.05) is 18.6 Å². The molecule has 0 aromatic heterocycles. The number of hydrogen-bond donors (Lipinski definition) is 1. The second kappa shape index (κ2) is 21.3. The highest BCUT2D eigenvalue weighted by molar-refractivity contribution is 7.98. The van der Waals surface area contributed by atoms with Gasteiger partial charge in [0.15, 0.2) is 0 Å². The minimum absolute atomic E-state index is 0.229. The zero-order valence-electron chi connectivity index (χ0n) is 16.7. The molecule has 0 unspecified atom stereocenters. The van der Waals surface area contributed by atoms with Crippen LogP contribution in [0.5, 0.6) is 0 Å². The molecule has 1 N–H and O–H groups in total. The number of rotatable bonds is 18. The van der Waals surface area contributed by atoms with Gasteiger partial charge in [0.05, 0.1) is 0 Å². The van der Waals surface area contributed by atoms with Crippen LogP contribution < -0.4 is 5.32 Å². The summed E-state index contributed by atoms with van der Waals surface area (Å²) in [6.45, 7) is 3.08. The van der Waals surface area contributed by atoms with Gasteiger partial charge in [0.25, 0.3) is 0 Å². The van der Waals surface area contributed by atoms with Gasteiger partial charge < -0.3 is 5.32 Å². The molecule has 1 amide bonds. The maximum Gasteiger partial charge on any atom is 0.219 e. The van der Waals surface area contributed by atoms with Gasteiger partial charge in [-0.05, 0) is 57.0 Å². The number of amides is 1. The second-order valence-corrected chi connectivity index (χ2v) is 7.66. The molecule has 0 saturated carbocycles. The lowest BCUT2D eigenvalue weighted by Gasteiger charge is -2.04. The summed E-state index contributed by atoms with van der Waals surface area (Å²) in [6.07, 6.45) is 26.6. The number of hydrogen-bond acceptors (Lipinski definition) is 2. The van der Waals surface area contributed by atoms with Crippen LogP contribution in [0.15, 0.2) is 24.3 Å². The summed E-state index contributed by atoms with van der Waals surface area (Å²) >= 11 is 1.83. The summed E-state index contributed by atoms with van der Waals surface area (Å²) in [5.41, 5.74) is 0. The van der Waals surface area contributed by atoms with E-state index in [1.807, 2.05) is 11.8 Å². The highest BCUT2D eigenvalue weighted by Gasteiger charge is 1.99. The molecule has 0 aromatic rings. The average Bonchev–Trinajstić information content (AvgIpc) is 2.62. The quantitative estimate of drug-likeness (QED) is 0.216. The molecule has 0 aliphatic heterocycles. The van der Waals surface area contributed by atoms with Crippen LogP contribution in [0.3, 0.4) is 0 Å². The van der Waals surface area contributed by atoms with Crippen molar-refractivity contribution in [1.82, 2.24) is 5.32 Å². The minimum atomic E-state index is 0.229. The first-order chi connectivity index (χ1) is 12.3. The van der Waals surface area contributed by atoms with Gasteiger partial charge in [-0.1, -0.05) is 63.3 Å². The lowest BCUT2D eigenvalue weighted by atomic mass is 10.1. The van der Waals surface area contributed by atoms with Crippen molar-refractivity contribution < 1.29 is 4.79 Å². The highest BCUT2D eigenvalue weighted by atomic mass is 32.2. The van der Waals surface area contributed by atoms with Crippen LogP contribution in [0.25, 0.3) is 0 Å². The Morgan fingerprint density at radius 2 is 1.48 bits per heavy atom. The molecule has 25 heavy (non-hydrogen) atoms. The second-order valence-electron chi connectivity index (χ2n) is 6.68. The Labute approximate surface area is 161 Å². The van der Waals surface area contributed by atoms with Gasteiger partial charge in [-0.25, -0.2) is 0 Å². The monoisotopic (exact) mass is 367 g/mol. The first-order valence-corrected chi connectivity index (χ1v) is 11.8. The lowest BCUT2D eigenvalue weighted by Crippen LogP contribution is -2.24. The third-order valence-corrected chi connectivity index (χ3v) is 4.90. The molecular weight excluding hydrogens is 326 g/mol. The number of nitrogens with one attached hydrogen (secondary N) is 1. The van der Waals surface area contributed by atoms with Crippen molar-refractivity contribution in [3.63, 3.8) is 0 Å². The Morgan fingerprint density at radius 3 is 2.16 bits per heavy atom. The molecule has 0 rings (SSSR count). The Bertz CT molecular complexity index is 339. The summed E-state index contributed by atoms with van der Waals surface area (Å²) in [7, 11) is 0. The van der Waals surface area contributed by atoms with Crippen molar-refractivity contribution >= 4 is 17.7 Å². The predicted octanol–water partition coefficient (Wildman–Crippen LogP) is 6.67. The van der Waals surface area contributed by atoms with Crippen molar-refractivity contribution in [3.05, 3.63) is 24.3 Å². The number of allylic oxidation sites excluding steroid dienone is 4. The van der Waals surface area contributed by atoms with E-state index in [1.165, 1.54) is 57.8 Å². The standard InChI is InChI=1S/C22H41NOS/c1-3-4-5-6-7-8-9-10-11-12-13-14-15-16-17-19-22(24)23-20-18-21-25-2/h7-8,10-11H,3-6,9,12-21H2,1-2H3,(H,23,24). The van der Waals surface area contributed by atoms with Gasteiger partial charge in [0.2, 0.25) is 5.91 Å². The predicted molar refractivity (Wildman–Crippen MR) is 115 cm³/mol. The van der Waals surface area contributed by atoms with Crippen LogP contribution >= 0.6 is 11.8 Å². The van der Waals surface area contributed by atoms with Crippen LogP contribution in [-0.4, -0.2) is 24.5 Å². The van der Waals surface area contributed by atoms with Gasteiger partial charge in [-0.2, -0.15) is 11.8 Å². The number of unbranched alkanes of at least 4 members (excludes halogenated alkanes) is 8. The van der Waals surface area contributed by atoms with Gasteiger partial charge in [0.1, 0.15) is 0 Å². The Kier molecular flexibility index (Phi) is 20.7. The maximum absolute atomic E-state index is 11.6. The summed E-state index contributed by atoms with van der Waals surface area (Å²) in [5.74, 6) is 1.36. The molecule has 146 valence electrons. The fraction of sp³-hybridized carbons (Fsp3) is 0.773. The average molecular weight is 368 g/mol. The van der Waals surface area contributed by atoms with E-state index in [9.17, 15) is 4.79 Å². The smallest absolute Gasteiger partial charge is 0.219 e. The van der Waals surface area contributed by atoms with E-state index >= 15 is 0 Å². The topological polar surface area (TPSA) is 29.1 Å². The Hall–Kier alpha value is -0.700. The molecule has 0 aliphatic carbocycles. The first-order valence-electron chi connectivity index (χ1n) is 10.4. The Balaban J connectivity index is 3.25. The van der Waals surface area contributed by atoms with Gasteiger partial charge in [-0.15, -0.1) is 0 Å². The summed E-state index contributed by atoms with van der Waals surface area (Å²) in [4.78, 5) is 11.6. The molecule has 0 spiro atoms. The van der Waals surface area contributed by atoms with Gasteiger partial charge in [0, 0.05) is 13.0 Å². The SMILES string of the molecule is CCCCCC=CCC=CCCCCCCCC(=O)NCCCSC. The van der Waals surface area contributed by atoms with Gasteiger partial charge in [-0.3, -0.25) is 4.79 Å². The zero-order chi connectivity index (χ0) is 18.4. The van der Waals surface area contributed by atoms with Crippen LogP contribution in [0, 0.1) is 0 Å². The molecule has 3 heteroatoms. The number of thioether (sulfide) groups is 1. The molecule has 2 nitrogen and oxygen atoms in total. The molecule has 0 atom stereocenters. The molecular formula is C22H41NOS. The zero-order valence-corrected chi connectivity index (χ0v) is 17.5. The van der Waals surface area contributed by atoms with Crippen LogP contribution in [0.1, 0.15) is 90.4 Å². The molecule has 0 aromatic carbocycles. The fourth-order valence-electron chi connectivity index (χ4n) is 2.63. The van der Waals surface area contributed by atoms with E-state index in [4.69, 9.17) is 0 Å². The molecule has 0 radical (unpaired) electrons. The molecule has 0 saturated heterocycles. The normalized spacial score (nSPS) is 11.6. The molecule has 0 fully saturated rings. The lowest BCUT2D eigenvalue weighted by molar-refractivity contribution is -0.121. The van der Waals surface area contributed by atoms with Crippen molar-refractivity contribution in [3.8, 4) is 0 Å². The number of carbonyl (C=O) groups is 1. The largest absolute Gasteiger partial charge is 0.356 e. The summed E-state index contributed by atoms with van der Waals surface area (Å²) in [5, 5.41) is 3.00.